The van der Waals surface area contributed by atoms with Crippen molar-refractivity contribution in [3.8, 4) is 11.3 Å². The number of fused-ring (bicyclic) bond motifs is 3. The zero-order valence-corrected chi connectivity index (χ0v) is 13.1. The lowest BCUT2D eigenvalue weighted by molar-refractivity contribution is 0.411. The van der Waals surface area contributed by atoms with Crippen molar-refractivity contribution in [2.75, 3.05) is 0 Å². The summed E-state index contributed by atoms with van der Waals surface area (Å²) in [5.74, 6) is 0. The van der Waals surface area contributed by atoms with Gasteiger partial charge in [0.2, 0.25) is 0 Å². The molecule has 0 amide bonds. The molecule has 1 aliphatic carbocycles. The second-order valence-electron chi connectivity index (χ2n) is 5.66. The molecule has 1 aromatic carbocycles. The van der Waals surface area contributed by atoms with E-state index in [0.29, 0.717) is 0 Å². The van der Waals surface area contributed by atoms with Crippen LogP contribution >= 0.6 is 11.3 Å². The van der Waals surface area contributed by atoms with Gasteiger partial charge in [-0.1, -0.05) is 38.1 Å². The normalized spacial score (nSPS) is 14.6. The van der Waals surface area contributed by atoms with Crippen LogP contribution in [0.25, 0.3) is 11.3 Å². The molecule has 0 saturated heterocycles. The average molecular weight is 286 g/mol. The number of thiazole rings is 1. The Bertz CT molecular complexity index is 611. The van der Waals surface area contributed by atoms with Crippen LogP contribution in [0.5, 0.6) is 0 Å². The minimum absolute atomic E-state index is 0.258. The number of hydrogen-bond donors (Lipinski definition) is 1. The third-order valence-electron chi connectivity index (χ3n) is 4.51. The van der Waals surface area contributed by atoms with Gasteiger partial charge >= 0.3 is 0 Å². The smallest absolute Gasteiger partial charge is 0.113 e. The maximum Gasteiger partial charge on any atom is 0.113 e. The van der Waals surface area contributed by atoms with Crippen molar-refractivity contribution in [2.45, 2.75) is 51.5 Å². The molecule has 1 heterocycles. The molecule has 2 nitrogen and oxygen atoms in total. The molecule has 1 aliphatic rings. The maximum absolute atomic E-state index is 6.54. The molecule has 0 atom stereocenters. The molecule has 0 spiro atoms. The van der Waals surface area contributed by atoms with Gasteiger partial charge in [-0.3, -0.25) is 0 Å². The lowest BCUT2D eigenvalue weighted by atomic mass is 9.95. The van der Waals surface area contributed by atoms with Crippen molar-refractivity contribution in [3.63, 3.8) is 0 Å². The number of nitrogens with zero attached hydrogens (tertiary/aromatic N) is 1. The van der Waals surface area contributed by atoms with Gasteiger partial charge in [0.1, 0.15) is 5.01 Å². The molecule has 2 N–H and O–H groups in total. The lowest BCUT2D eigenvalue weighted by Gasteiger charge is -2.23. The Morgan fingerprint density at radius 2 is 1.95 bits per heavy atom. The van der Waals surface area contributed by atoms with Crippen molar-refractivity contribution in [1.29, 1.82) is 0 Å². The minimum atomic E-state index is -0.258. The molecule has 3 rings (SSSR count). The first-order valence-electron chi connectivity index (χ1n) is 7.55. The SMILES string of the molecule is CCC(N)(CC)c1nc2c(s1)CCCc1ccccc1-2. The van der Waals surface area contributed by atoms with E-state index >= 15 is 0 Å². The van der Waals surface area contributed by atoms with E-state index < -0.39 is 0 Å². The Morgan fingerprint density at radius 1 is 1.20 bits per heavy atom. The van der Waals surface area contributed by atoms with Crippen LogP contribution in [-0.4, -0.2) is 4.98 Å². The summed E-state index contributed by atoms with van der Waals surface area (Å²) in [6, 6.07) is 8.68. The van der Waals surface area contributed by atoms with Crippen LogP contribution < -0.4 is 5.73 Å². The van der Waals surface area contributed by atoms with E-state index in [1.165, 1.54) is 28.1 Å². The number of nitrogens with two attached hydrogens (primary N) is 1. The molecule has 3 heteroatoms. The standard InChI is InChI=1S/C17H22N2S/c1-3-17(18,4-2)16-19-15-13-10-6-5-8-12(13)9-7-11-14(15)20-16/h5-6,8,10H,3-4,7,9,11,18H2,1-2H3. The van der Waals surface area contributed by atoms with Crippen LogP contribution in [0.4, 0.5) is 0 Å². The molecule has 2 aromatic rings. The van der Waals surface area contributed by atoms with E-state index in [1.807, 2.05) is 11.3 Å². The highest BCUT2D eigenvalue weighted by Crippen LogP contribution is 2.39. The summed E-state index contributed by atoms with van der Waals surface area (Å²) >= 11 is 1.83. The molecule has 0 saturated carbocycles. The monoisotopic (exact) mass is 286 g/mol. The van der Waals surface area contributed by atoms with Crippen molar-refractivity contribution in [1.82, 2.24) is 4.98 Å². The zero-order chi connectivity index (χ0) is 14.2. The molecule has 20 heavy (non-hydrogen) atoms. The number of aromatic nitrogens is 1. The molecule has 0 radical (unpaired) electrons. The van der Waals surface area contributed by atoms with Crippen molar-refractivity contribution in [3.05, 3.63) is 39.7 Å². The van der Waals surface area contributed by atoms with E-state index in [4.69, 9.17) is 10.7 Å². The fourth-order valence-corrected chi connectivity index (χ4v) is 4.27. The summed E-state index contributed by atoms with van der Waals surface area (Å²) in [6.07, 6.45) is 5.38. The fourth-order valence-electron chi connectivity index (χ4n) is 2.91. The van der Waals surface area contributed by atoms with Crippen LogP contribution in [-0.2, 0) is 18.4 Å². The van der Waals surface area contributed by atoms with Gasteiger partial charge in [-0.15, -0.1) is 11.3 Å². The molecule has 106 valence electrons. The van der Waals surface area contributed by atoms with Gasteiger partial charge in [-0.2, -0.15) is 0 Å². The first-order chi connectivity index (χ1) is 9.68. The van der Waals surface area contributed by atoms with Gasteiger partial charge in [0.05, 0.1) is 11.2 Å². The quantitative estimate of drug-likeness (QED) is 0.915. The Kier molecular flexibility index (Phi) is 3.65. The third-order valence-corrected chi connectivity index (χ3v) is 5.84. The van der Waals surface area contributed by atoms with E-state index in [-0.39, 0.29) is 5.54 Å². The predicted molar refractivity (Wildman–Crippen MR) is 86.0 cm³/mol. The van der Waals surface area contributed by atoms with Gasteiger partial charge in [0, 0.05) is 10.4 Å². The number of rotatable bonds is 3. The van der Waals surface area contributed by atoms with Crippen molar-refractivity contribution >= 4 is 11.3 Å². The van der Waals surface area contributed by atoms with E-state index in [0.717, 1.165) is 30.7 Å². The molecular formula is C17H22N2S. The summed E-state index contributed by atoms with van der Waals surface area (Å²) in [5, 5.41) is 1.12. The first kappa shape index (κ1) is 13.8. The fraction of sp³-hybridized carbons (Fsp3) is 0.471. The zero-order valence-electron chi connectivity index (χ0n) is 12.3. The van der Waals surface area contributed by atoms with Gasteiger partial charge in [0.25, 0.3) is 0 Å². The van der Waals surface area contributed by atoms with Crippen LogP contribution in [0.15, 0.2) is 24.3 Å². The predicted octanol–water partition coefficient (Wildman–Crippen LogP) is 4.27. The Morgan fingerprint density at radius 3 is 2.70 bits per heavy atom. The highest BCUT2D eigenvalue weighted by molar-refractivity contribution is 7.12. The molecule has 0 aliphatic heterocycles. The van der Waals surface area contributed by atoms with Crippen molar-refractivity contribution < 1.29 is 0 Å². The Labute approximate surface area is 125 Å². The van der Waals surface area contributed by atoms with Gasteiger partial charge in [-0.05, 0) is 37.7 Å². The second kappa shape index (κ2) is 5.30. The molecule has 0 fully saturated rings. The number of hydrogen-bond acceptors (Lipinski definition) is 3. The van der Waals surface area contributed by atoms with Gasteiger partial charge in [-0.25, -0.2) is 4.98 Å². The first-order valence-corrected chi connectivity index (χ1v) is 8.37. The van der Waals surface area contributed by atoms with Crippen LogP contribution in [0.2, 0.25) is 0 Å². The third kappa shape index (κ3) is 2.19. The van der Waals surface area contributed by atoms with E-state index in [2.05, 4.69) is 38.1 Å². The summed E-state index contributed by atoms with van der Waals surface area (Å²) in [5.41, 5.74) is 10.2. The molecule has 0 bridgehead atoms. The highest BCUT2D eigenvalue weighted by Gasteiger charge is 2.29. The Hall–Kier alpha value is -1.19. The van der Waals surface area contributed by atoms with Crippen LogP contribution in [0.3, 0.4) is 0 Å². The van der Waals surface area contributed by atoms with Gasteiger partial charge in [0.15, 0.2) is 0 Å². The molecule has 0 unspecified atom stereocenters. The molecule has 1 aromatic heterocycles. The maximum atomic E-state index is 6.54. The van der Waals surface area contributed by atoms with Gasteiger partial charge < -0.3 is 5.73 Å². The Balaban J connectivity index is 2.13. The van der Waals surface area contributed by atoms with E-state index in [9.17, 15) is 0 Å². The topological polar surface area (TPSA) is 38.9 Å². The van der Waals surface area contributed by atoms with Crippen LogP contribution in [0, 0.1) is 0 Å². The summed E-state index contributed by atoms with van der Waals surface area (Å²) in [7, 11) is 0. The number of benzene rings is 1. The lowest BCUT2D eigenvalue weighted by Crippen LogP contribution is -2.34. The van der Waals surface area contributed by atoms with E-state index in [1.54, 1.807) is 0 Å². The van der Waals surface area contributed by atoms with Crippen LogP contribution in [0.1, 0.15) is 48.6 Å². The summed E-state index contributed by atoms with van der Waals surface area (Å²) in [6.45, 7) is 4.31. The van der Waals surface area contributed by atoms with Crippen molar-refractivity contribution in [2.24, 2.45) is 5.73 Å². The summed E-state index contributed by atoms with van der Waals surface area (Å²) in [4.78, 5) is 6.38. The average Bonchev–Trinajstić information content (AvgIpc) is 2.84. The summed E-state index contributed by atoms with van der Waals surface area (Å²) < 4.78 is 0. The molecular weight excluding hydrogens is 264 g/mol. The second-order valence-corrected chi connectivity index (χ2v) is 6.75. The number of aryl methyl sites for hydroxylation is 2. The minimum Gasteiger partial charge on any atom is -0.319 e. The largest absolute Gasteiger partial charge is 0.319 e. The highest BCUT2D eigenvalue weighted by atomic mass is 32.1.